The zero-order chi connectivity index (χ0) is 10.3. The van der Waals surface area contributed by atoms with Gasteiger partial charge in [0.25, 0.3) is 5.78 Å². The summed E-state index contributed by atoms with van der Waals surface area (Å²) in [7, 11) is 0. The molecule has 0 aromatic carbocycles. The lowest BCUT2D eigenvalue weighted by atomic mass is 10.4. The maximum atomic E-state index is 12.2. The third-order valence-corrected chi connectivity index (χ3v) is 1.77. The molecule has 0 saturated heterocycles. The van der Waals surface area contributed by atoms with E-state index in [0.717, 1.165) is 10.8 Å². The highest BCUT2D eigenvalue weighted by Gasteiger charge is 2.33. The number of aromatic nitrogens is 4. The fraction of sp³-hybridized carbons (Fsp3) is 0.167. The average Bonchev–Trinajstić information content (AvgIpc) is 2.50. The van der Waals surface area contributed by atoms with Crippen molar-refractivity contribution in [3.63, 3.8) is 0 Å². The molecule has 0 aliphatic heterocycles. The summed E-state index contributed by atoms with van der Waals surface area (Å²) >= 11 is 5.53. The largest absolute Gasteiger partial charge is 0.433 e. The maximum absolute atomic E-state index is 12.2. The van der Waals surface area contributed by atoms with Gasteiger partial charge in [0.15, 0.2) is 5.69 Å². The first-order valence-electron chi connectivity index (χ1n) is 3.42. The van der Waals surface area contributed by atoms with Gasteiger partial charge in [-0.15, -0.1) is 0 Å². The zero-order valence-corrected chi connectivity index (χ0v) is 7.21. The summed E-state index contributed by atoms with van der Waals surface area (Å²) in [6.07, 6.45) is -3.45. The molecular formula is C6H2ClF3N4. The van der Waals surface area contributed by atoms with Gasteiger partial charge in [-0.25, -0.2) is 4.98 Å². The smallest absolute Gasteiger partial charge is 0.206 e. The number of nitrogens with zero attached hydrogens (tertiary/aromatic N) is 4. The van der Waals surface area contributed by atoms with Crippen LogP contribution in [0.2, 0.25) is 5.15 Å². The van der Waals surface area contributed by atoms with Gasteiger partial charge in [0.1, 0.15) is 11.5 Å². The fourth-order valence-corrected chi connectivity index (χ4v) is 1.14. The molecule has 0 unspecified atom stereocenters. The molecule has 0 saturated carbocycles. The van der Waals surface area contributed by atoms with Crippen LogP contribution in [0.4, 0.5) is 13.2 Å². The van der Waals surface area contributed by atoms with E-state index in [0.29, 0.717) is 6.07 Å². The number of rotatable bonds is 0. The molecule has 0 radical (unpaired) electrons. The Morgan fingerprint density at radius 2 is 2.07 bits per heavy atom. The van der Waals surface area contributed by atoms with Gasteiger partial charge >= 0.3 is 6.18 Å². The molecule has 0 amide bonds. The summed E-state index contributed by atoms with van der Waals surface area (Å²) in [5.74, 6) is -0.176. The van der Waals surface area contributed by atoms with Crippen molar-refractivity contribution in [2.24, 2.45) is 0 Å². The summed E-state index contributed by atoms with van der Waals surface area (Å²) in [4.78, 5) is 6.76. The standard InChI is InChI=1S/C6H2ClF3N4/c7-4-1-3(6(8,9)10)13-5-11-2-12-14(4)5/h1-2H. The molecule has 2 heterocycles. The summed E-state index contributed by atoms with van der Waals surface area (Å²) in [6.45, 7) is 0. The molecular weight excluding hydrogens is 221 g/mol. The minimum absolute atomic E-state index is 0.176. The summed E-state index contributed by atoms with van der Waals surface area (Å²) in [5, 5.41) is 3.40. The van der Waals surface area contributed by atoms with Gasteiger partial charge in [0, 0.05) is 6.07 Å². The zero-order valence-electron chi connectivity index (χ0n) is 6.46. The second-order valence-electron chi connectivity index (χ2n) is 2.43. The van der Waals surface area contributed by atoms with Crippen molar-refractivity contribution in [2.45, 2.75) is 6.18 Å². The van der Waals surface area contributed by atoms with Crippen molar-refractivity contribution in [3.05, 3.63) is 23.2 Å². The Kier molecular flexibility index (Phi) is 1.84. The molecule has 0 aliphatic carbocycles. The van der Waals surface area contributed by atoms with Crippen LogP contribution in [0.5, 0.6) is 0 Å². The average molecular weight is 223 g/mol. The van der Waals surface area contributed by atoms with E-state index in [-0.39, 0.29) is 10.9 Å². The molecule has 0 atom stereocenters. The van der Waals surface area contributed by atoms with Crippen molar-refractivity contribution in [1.29, 1.82) is 0 Å². The van der Waals surface area contributed by atoms with Crippen LogP contribution in [0.1, 0.15) is 5.69 Å². The molecule has 0 bridgehead atoms. The van der Waals surface area contributed by atoms with Crippen LogP contribution in [-0.2, 0) is 6.18 Å². The molecule has 2 rings (SSSR count). The minimum Gasteiger partial charge on any atom is -0.206 e. The van der Waals surface area contributed by atoms with E-state index in [2.05, 4.69) is 15.1 Å². The Morgan fingerprint density at radius 1 is 1.36 bits per heavy atom. The maximum Gasteiger partial charge on any atom is 0.433 e. The normalized spacial score (nSPS) is 12.3. The number of hydrogen-bond acceptors (Lipinski definition) is 3. The van der Waals surface area contributed by atoms with Gasteiger partial charge in [0.05, 0.1) is 0 Å². The molecule has 0 N–H and O–H groups in total. The Morgan fingerprint density at radius 3 is 2.71 bits per heavy atom. The van der Waals surface area contributed by atoms with Gasteiger partial charge in [-0.3, -0.25) is 0 Å². The molecule has 14 heavy (non-hydrogen) atoms. The van der Waals surface area contributed by atoms with Crippen molar-refractivity contribution in [2.75, 3.05) is 0 Å². The summed E-state index contributed by atoms with van der Waals surface area (Å²) in [5.41, 5.74) is -1.08. The van der Waals surface area contributed by atoms with Gasteiger partial charge in [-0.2, -0.15) is 27.8 Å². The van der Waals surface area contributed by atoms with E-state index in [1.165, 1.54) is 0 Å². The van der Waals surface area contributed by atoms with Crippen LogP contribution in [0, 0.1) is 0 Å². The van der Waals surface area contributed by atoms with Crippen LogP contribution in [-0.4, -0.2) is 19.6 Å². The Hall–Kier alpha value is -1.37. The number of alkyl halides is 3. The van der Waals surface area contributed by atoms with Crippen molar-refractivity contribution in [1.82, 2.24) is 19.6 Å². The van der Waals surface area contributed by atoms with E-state index < -0.39 is 11.9 Å². The monoisotopic (exact) mass is 222 g/mol. The van der Waals surface area contributed by atoms with Crippen LogP contribution >= 0.6 is 11.6 Å². The Bertz CT molecular complexity index is 477. The Balaban J connectivity index is 2.70. The molecule has 2 aromatic rings. The predicted molar refractivity (Wildman–Crippen MR) is 40.8 cm³/mol. The molecule has 0 fully saturated rings. The van der Waals surface area contributed by atoms with Crippen LogP contribution < -0.4 is 0 Å². The lowest BCUT2D eigenvalue weighted by molar-refractivity contribution is -0.141. The van der Waals surface area contributed by atoms with E-state index in [1.54, 1.807) is 0 Å². The van der Waals surface area contributed by atoms with Gasteiger partial charge in [-0.05, 0) is 0 Å². The molecule has 0 spiro atoms. The lowest BCUT2D eigenvalue weighted by Gasteiger charge is -2.05. The van der Waals surface area contributed by atoms with Crippen molar-refractivity contribution < 1.29 is 13.2 Å². The third-order valence-electron chi connectivity index (χ3n) is 1.50. The van der Waals surface area contributed by atoms with Crippen LogP contribution in [0.3, 0.4) is 0 Å². The van der Waals surface area contributed by atoms with Gasteiger partial charge < -0.3 is 0 Å². The molecule has 8 heteroatoms. The molecule has 74 valence electrons. The van der Waals surface area contributed by atoms with Crippen LogP contribution in [0.25, 0.3) is 5.78 Å². The topological polar surface area (TPSA) is 43.1 Å². The quantitative estimate of drug-likeness (QED) is 0.639. The predicted octanol–water partition coefficient (Wildman–Crippen LogP) is 1.80. The second-order valence-corrected chi connectivity index (χ2v) is 2.82. The Labute approximate surface area is 80.3 Å². The van der Waals surface area contributed by atoms with Crippen molar-refractivity contribution >= 4 is 17.4 Å². The summed E-state index contributed by atoms with van der Waals surface area (Å²) in [6, 6.07) is 0.698. The first-order valence-corrected chi connectivity index (χ1v) is 3.80. The lowest BCUT2D eigenvalue weighted by Crippen LogP contribution is -2.09. The SMILES string of the molecule is FC(F)(F)c1cc(Cl)n2ncnc2n1. The molecule has 4 nitrogen and oxygen atoms in total. The third kappa shape index (κ3) is 1.39. The molecule has 0 aliphatic rings. The minimum atomic E-state index is -4.53. The van der Waals surface area contributed by atoms with Crippen molar-refractivity contribution in [3.8, 4) is 0 Å². The fourth-order valence-electron chi connectivity index (χ4n) is 0.922. The van der Waals surface area contributed by atoms with Gasteiger partial charge in [0.2, 0.25) is 0 Å². The highest BCUT2D eigenvalue weighted by atomic mass is 35.5. The molecule has 2 aromatic heterocycles. The van der Waals surface area contributed by atoms with E-state index in [4.69, 9.17) is 11.6 Å². The van der Waals surface area contributed by atoms with E-state index in [9.17, 15) is 13.2 Å². The number of fused-ring (bicyclic) bond motifs is 1. The number of hydrogen-bond donors (Lipinski definition) is 0. The first-order chi connectivity index (χ1) is 6.48. The van der Waals surface area contributed by atoms with Crippen LogP contribution in [0.15, 0.2) is 12.4 Å². The highest BCUT2D eigenvalue weighted by Crippen LogP contribution is 2.29. The highest BCUT2D eigenvalue weighted by molar-refractivity contribution is 6.29. The van der Waals surface area contributed by atoms with E-state index in [1.807, 2.05) is 0 Å². The van der Waals surface area contributed by atoms with Gasteiger partial charge in [-0.1, -0.05) is 11.6 Å². The summed E-state index contributed by atoms with van der Waals surface area (Å²) < 4.78 is 37.7. The second kappa shape index (κ2) is 2.81. The van der Waals surface area contributed by atoms with E-state index >= 15 is 0 Å². The number of halogens is 4. The first kappa shape index (κ1) is 9.20.